The maximum atomic E-state index is 11.0. The first-order valence-corrected chi connectivity index (χ1v) is 3.41. The van der Waals surface area contributed by atoms with Gasteiger partial charge in [0.05, 0.1) is 11.4 Å². The Labute approximate surface area is 64.5 Å². The van der Waals surface area contributed by atoms with Crippen molar-refractivity contribution in [2.75, 3.05) is 0 Å². The summed E-state index contributed by atoms with van der Waals surface area (Å²) in [6.07, 6.45) is 0. The molecular formula is C7H11N3O. The van der Waals surface area contributed by atoms with Gasteiger partial charge in [0, 0.05) is 6.54 Å². The molecule has 60 valence electrons. The summed E-state index contributed by atoms with van der Waals surface area (Å²) < 4.78 is 0. The molecule has 1 rings (SSSR count). The molecule has 1 aromatic heterocycles. The summed E-state index contributed by atoms with van der Waals surface area (Å²) in [5, 5.41) is 0. The lowest BCUT2D eigenvalue weighted by molar-refractivity contribution is 0.888. The zero-order chi connectivity index (χ0) is 8.43. The molecule has 0 saturated carbocycles. The average Bonchev–Trinajstić information content (AvgIpc) is 1.97. The van der Waals surface area contributed by atoms with Crippen LogP contribution in [0, 0.1) is 13.8 Å². The van der Waals surface area contributed by atoms with E-state index in [4.69, 9.17) is 5.73 Å². The molecule has 0 bridgehead atoms. The summed E-state index contributed by atoms with van der Waals surface area (Å²) in [6, 6.07) is 0. The molecule has 0 spiro atoms. The Hall–Kier alpha value is -1.16. The minimum atomic E-state index is -0.156. The van der Waals surface area contributed by atoms with E-state index in [1.807, 2.05) is 6.92 Å². The van der Waals surface area contributed by atoms with Crippen molar-refractivity contribution in [3.8, 4) is 0 Å². The van der Waals surface area contributed by atoms with Gasteiger partial charge in [-0.3, -0.25) is 9.78 Å². The highest BCUT2D eigenvalue weighted by atomic mass is 16.1. The van der Waals surface area contributed by atoms with Gasteiger partial charge >= 0.3 is 0 Å². The number of aryl methyl sites for hydroxylation is 2. The second kappa shape index (κ2) is 2.84. The summed E-state index contributed by atoms with van der Waals surface area (Å²) in [5.41, 5.74) is 7.19. The van der Waals surface area contributed by atoms with Crippen LogP contribution in [0.4, 0.5) is 0 Å². The van der Waals surface area contributed by atoms with Gasteiger partial charge in [0.1, 0.15) is 5.69 Å². The summed E-state index contributed by atoms with van der Waals surface area (Å²) in [7, 11) is 0. The van der Waals surface area contributed by atoms with Crippen molar-refractivity contribution in [3.63, 3.8) is 0 Å². The van der Waals surface area contributed by atoms with Crippen molar-refractivity contribution in [1.82, 2.24) is 9.97 Å². The van der Waals surface area contributed by atoms with E-state index < -0.39 is 0 Å². The molecule has 1 aromatic rings. The first kappa shape index (κ1) is 7.94. The molecule has 0 aliphatic carbocycles. The van der Waals surface area contributed by atoms with Crippen LogP contribution in [0.5, 0.6) is 0 Å². The van der Waals surface area contributed by atoms with Crippen LogP contribution < -0.4 is 11.3 Å². The van der Waals surface area contributed by atoms with Gasteiger partial charge in [-0.05, 0) is 13.8 Å². The largest absolute Gasteiger partial charge is 0.325 e. The van der Waals surface area contributed by atoms with E-state index in [-0.39, 0.29) is 5.56 Å². The Morgan fingerprint density at radius 1 is 1.45 bits per heavy atom. The molecule has 1 heterocycles. The third-order valence-electron chi connectivity index (χ3n) is 1.57. The molecule has 0 atom stereocenters. The van der Waals surface area contributed by atoms with Crippen molar-refractivity contribution in [2.24, 2.45) is 5.73 Å². The number of H-pyrrole nitrogens is 1. The Bertz CT molecular complexity index is 316. The minimum absolute atomic E-state index is 0.156. The smallest absolute Gasteiger partial charge is 0.269 e. The molecule has 4 heteroatoms. The van der Waals surface area contributed by atoms with E-state index in [0.29, 0.717) is 17.9 Å². The molecule has 0 amide bonds. The van der Waals surface area contributed by atoms with Crippen LogP contribution in [0.2, 0.25) is 0 Å². The quantitative estimate of drug-likeness (QED) is 0.589. The molecule has 0 saturated heterocycles. The van der Waals surface area contributed by atoms with Crippen LogP contribution in [0.15, 0.2) is 4.79 Å². The van der Waals surface area contributed by atoms with Crippen LogP contribution in [0.1, 0.15) is 17.1 Å². The van der Waals surface area contributed by atoms with Crippen molar-refractivity contribution in [3.05, 3.63) is 27.4 Å². The second-order valence-electron chi connectivity index (χ2n) is 2.42. The Morgan fingerprint density at radius 2 is 2.09 bits per heavy atom. The number of nitrogens with one attached hydrogen (secondary N) is 1. The monoisotopic (exact) mass is 153 g/mol. The third-order valence-corrected chi connectivity index (χ3v) is 1.57. The van der Waals surface area contributed by atoms with Crippen LogP contribution in [-0.2, 0) is 6.54 Å². The first-order valence-electron chi connectivity index (χ1n) is 3.41. The fourth-order valence-electron chi connectivity index (χ4n) is 0.886. The lowest BCUT2D eigenvalue weighted by Gasteiger charge is -2.01. The highest BCUT2D eigenvalue weighted by Crippen LogP contribution is 1.96. The maximum Gasteiger partial charge on any atom is 0.269 e. The molecular weight excluding hydrogens is 142 g/mol. The van der Waals surface area contributed by atoms with Crippen LogP contribution in [-0.4, -0.2) is 9.97 Å². The fourth-order valence-corrected chi connectivity index (χ4v) is 0.886. The summed E-state index contributed by atoms with van der Waals surface area (Å²) in [4.78, 5) is 17.6. The molecule has 0 radical (unpaired) electrons. The van der Waals surface area contributed by atoms with E-state index in [1.165, 1.54) is 0 Å². The number of nitrogens with two attached hydrogens (primary N) is 1. The molecule has 11 heavy (non-hydrogen) atoms. The van der Waals surface area contributed by atoms with Gasteiger partial charge in [0.2, 0.25) is 0 Å². The number of aromatic amines is 1. The van der Waals surface area contributed by atoms with Gasteiger partial charge in [0.15, 0.2) is 0 Å². The summed E-state index contributed by atoms with van der Waals surface area (Å²) >= 11 is 0. The van der Waals surface area contributed by atoms with Gasteiger partial charge in [-0.15, -0.1) is 0 Å². The number of rotatable bonds is 1. The predicted molar refractivity (Wildman–Crippen MR) is 42.2 cm³/mol. The average molecular weight is 153 g/mol. The van der Waals surface area contributed by atoms with Crippen molar-refractivity contribution >= 4 is 0 Å². The minimum Gasteiger partial charge on any atom is -0.325 e. The molecule has 0 aromatic carbocycles. The zero-order valence-electron chi connectivity index (χ0n) is 6.64. The highest BCUT2D eigenvalue weighted by Gasteiger charge is 2.00. The molecule has 0 aliphatic rings. The van der Waals surface area contributed by atoms with E-state index in [1.54, 1.807) is 6.92 Å². The predicted octanol–water partition coefficient (Wildman–Crippen LogP) is -0.155. The fraction of sp³-hybridized carbons (Fsp3) is 0.429. The normalized spacial score (nSPS) is 10.1. The number of aromatic nitrogens is 2. The lowest BCUT2D eigenvalue weighted by atomic mass is 10.3. The van der Waals surface area contributed by atoms with Crippen molar-refractivity contribution in [2.45, 2.75) is 20.4 Å². The van der Waals surface area contributed by atoms with E-state index in [0.717, 1.165) is 5.69 Å². The highest BCUT2D eigenvalue weighted by molar-refractivity contribution is 5.11. The second-order valence-corrected chi connectivity index (χ2v) is 2.42. The van der Waals surface area contributed by atoms with Crippen LogP contribution in [0.25, 0.3) is 0 Å². The SMILES string of the molecule is Cc1nc(C)c(=O)[nH]c1CN. The topological polar surface area (TPSA) is 71.8 Å². The number of hydrogen-bond donors (Lipinski definition) is 2. The molecule has 3 N–H and O–H groups in total. The van der Waals surface area contributed by atoms with E-state index in [2.05, 4.69) is 9.97 Å². The van der Waals surface area contributed by atoms with E-state index >= 15 is 0 Å². The Kier molecular flexibility index (Phi) is 2.05. The Morgan fingerprint density at radius 3 is 2.64 bits per heavy atom. The van der Waals surface area contributed by atoms with Gasteiger partial charge in [-0.2, -0.15) is 0 Å². The number of nitrogens with zero attached hydrogens (tertiary/aromatic N) is 1. The Balaban J connectivity index is 3.32. The van der Waals surface area contributed by atoms with Gasteiger partial charge in [-0.25, -0.2) is 0 Å². The summed E-state index contributed by atoms with van der Waals surface area (Å²) in [5.74, 6) is 0. The van der Waals surface area contributed by atoms with Gasteiger partial charge in [0.25, 0.3) is 5.56 Å². The number of hydrogen-bond acceptors (Lipinski definition) is 3. The van der Waals surface area contributed by atoms with E-state index in [9.17, 15) is 4.79 Å². The molecule has 0 aliphatic heterocycles. The van der Waals surface area contributed by atoms with Crippen LogP contribution in [0.3, 0.4) is 0 Å². The van der Waals surface area contributed by atoms with Gasteiger partial charge < -0.3 is 10.7 Å². The lowest BCUT2D eigenvalue weighted by Crippen LogP contribution is -2.18. The van der Waals surface area contributed by atoms with Crippen molar-refractivity contribution in [1.29, 1.82) is 0 Å². The van der Waals surface area contributed by atoms with Crippen LogP contribution >= 0.6 is 0 Å². The van der Waals surface area contributed by atoms with Crippen molar-refractivity contribution < 1.29 is 0 Å². The third kappa shape index (κ3) is 1.46. The standard InChI is InChI=1S/C7H11N3O/c1-4-6(3-8)10-7(11)5(2)9-4/h3,8H2,1-2H3,(H,10,11). The first-order chi connectivity index (χ1) is 5.15. The molecule has 0 fully saturated rings. The molecule has 0 unspecified atom stereocenters. The van der Waals surface area contributed by atoms with Gasteiger partial charge in [-0.1, -0.05) is 0 Å². The molecule has 4 nitrogen and oxygen atoms in total. The summed E-state index contributed by atoms with van der Waals surface area (Å²) in [6.45, 7) is 3.83. The zero-order valence-corrected chi connectivity index (χ0v) is 6.64. The maximum absolute atomic E-state index is 11.0.